The topological polar surface area (TPSA) is 98.5 Å². The minimum Gasteiger partial charge on any atom is -0.494 e. The second kappa shape index (κ2) is 6.76. The lowest BCUT2D eigenvalue weighted by molar-refractivity contribution is 0.0930. The van der Waals surface area contributed by atoms with Crippen molar-refractivity contribution in [3.05, 3.63) is 22.2 Å². The zero-order valence-electron chi connectivity index (χ0n) is 12.3. The van der Waals surface area contributed by atoms with Crippen molar-refractivity contribution >= 4 is 31.9 Å². The molecule has 1 rings (SSSR count). The highest BCUT2D eigenvalue weighted by atomic mass is 79.9. The molecule has 0 saturated heterocycles. The van der Waals surface area contributed by atoms with Gasteiger partial charge in [0.1, 0.15) is 4.90 Å². The van der Waals surface area contributed by atoms with Gasteiger partial charge in [-0.25, -0.2) is 13.6 Å². The third-order valence-electron chi connectivity index (χ3n) is 3.14. The van der Waals surface area contributed by atoms with E-state index in [9.17, 15) is 13.2 Å². The third-order valence-corrected chi connectivity index (χ3v) is 4.65. The molecule has 1 aromatic rings. The number of nitrogens with two attached hydrogens (primary N) is 1. The van der Waals surface area contributed by atoms with Crippen LogP contribution in [0.3, 0.4) is 0 Å². The Kier molecular flexibility index (Phi) is 5.77. The molecule has 0 fully saturated rings. The molecular formula is C13H19BrN2O4S. The van der Waals surface area contributed by atoms with Crippen LogP contribution in [-0.2, 0) is 10.0 Å². The number of halogens is 1. The molecule has 1 aromatic carbocycles. The fraction of sp³-hybridized carbons (Fsp3) is 0.462. The molecule has 118 valence electrons. The summed E-state index contributed by atoms with van der Waals surface area (Å²) in [7, 11) is -2.68. The highest BCUT2D eigenvalue weighted by molar-refractivity contribution is 9.10. The average Bonchev–Trinajstić information content (AvgIpc) is 2.36. The molecule has 0 spiro atoms. The van der Waals surface area contributed by atoms with Crippen molar-refractivity contribution in [1.82, 2.24) is 5.32 Å². The predicted octanol–water partition coefficient (Wildman–Crippen LogP) is 1.88. The van der Waals surface area contributed by atoms with E-state index in [1.807, 2.05) is 20.8 Å². The number of amides is 1. The number of sulfonamides is 1. The van der Waals surface area contributed by atoms with Crippen molar-refractivity contribution in [2.45, 2.75) is 31.7 Å². The summed E-state index contributed by atoms with van der Waals surface area (Å²) < 4.78 is 28.6. The fourth-order valence-corrected chi connectivity index (χ4v) is 3.06. The first-order valence-electron chi connectivity index (χ1n) is 6.29. The van der Waals surface area contributed by atoms with Crippen LogP contribution >= 0.6 is 15.9 Å². The summed E-state index contributed by atoms with van der Waals surface area (Å²) in [6.45, 7) is 5.83. The molecule has 0 aliphatic heterocycles. The van der Waals surface area contributed by atoms with Gasteiger partial charge in [0, 0.05) is 11.6 Å². The van der Waals surface area contributed by atoms with E-state index in [4.69, 9.17) is 9.88 Å². The van der Waals surface area contributed by atoms with E-state index in [2.05, 4.69) is 21.2 Å². The normalized spacial score (nSPS) is 13.1. The van der Waals surface area contributed by atoms with Gasteiger partial charge >= 0.3 is 0 Å². The van der Waals surface area contributed by atoms with E-state index in [0.717, 1.165) is 0 Å². The summed E-state index contributed by atoms with van der Waals surface area (Å²) >= 11 is 3.19. The largest absolute Gasteiger partial charge is 0.494 e. The van der Waals surface area contributed by atoms with Gasteiger partial charge in [0.05, 0.1) is 11.6 Å². The Morgan fingerprint density at radius 3 is 2.33 bits per heavy atom. The van der Waals surface area contributed by atoms with Gasteiger partial charge in [-0.1, -0.05) is 13.8 Å². The summed E-state index contributed by atoms with van der Waals surface area (Å²) in [6, 6.07) is 2.66. The van der Waals surface area contributed by atoms with Crippen LogP contribution in [0.1, 0.15) is 31.1 Å². The van der Waals surface area contributed by atoms with E-state index in [1.165, 1.54) is 19.2 Å². The Hall–Kier alpha value is -1.12. The van der Waals surface area contributed by atoms with Crippen molar-refractivity contribution in [2.75, 3.05) is 7.11 Å². The van der Waals surface area contributed by atoms with E-state index in [-0.39, 0.29) is 34.1 Å². The Morgan fingerprint density at radius 1 is 1.33 bits per heavy atom. The fourth-order valence-electron chi connectivity index (χ4n) is 1.57. The SMILES string of the molecule is COc1c(Br)cc(C(=O)NC(C)C(C)C)cc1S(N)(=O)=O. The van der Waals surface area contributed by atoms with Crippen LogP contribution in [0.4, 0.5) is 0 Å². The van der Waals surface area contributed by atoms with E-state index < -0.39 is 10.0 Å². The first-order chi connectivity index (χ1) is 9.57. The highest BCUT2D eigenvalue weighted by Crippen LogP contribution is 2.33. The number of hydrogen-bond acceptors (Lipinski definition) is 4. The Balaban J connectivity index is 3.28. The van der Waals surface area contributed by atoms with Gasteiger partial charge in [0.2, 0.25) is 10.0 Å². The first kappa shape index (κ1) is 17.9. The summed E-state index contributed by atoms with van der Waals surface area (Å²) in [5.41, 5.74) is 0.194. The molecule has 8 heteroatoms. The number of benzene rings is 1. The number of methoxy groups -OCH3 is 1. The van der Waals surface area contributed by atoms with Gasteiger partial charge in [0.15, 0.2) is 5.75 Å². The standard InChI is InChI=1S/C13H19BrN2O4S/c1-7(2)8(3)16-13(17)9-5-10(14)12(20-4)11(6-9)21(15,18)19/h5-8H,1-4H3,(H,16,17)(H2,15,18,19). The lowest BCUT2D eigenvalue weighted by Crippen LogP contribution is -2.36. The van der Waals surface area contributed by atoms with Crippen molar-refractivity contribution in [1.29, 1.82) is 0 Å². The lowest BCUT2D eigenvalue weighted by atomic mass is 10.1. The zero-order valence-corrected chi connectivity index (χ0v) is 14.7. The Labute approximate surface area is 133 Å². The maximum absolute atomic E-state index is 12.2. The first-order valence-corrected chi connectivity index (χ1v) is 8.63. The van der Waals surface area contributed by atoms with Crippen LogP contribution in [0.5, 0.6) is 5.75 Å². The molecule has 0 aliphatic rings. The Bertz CT molecular complexity index is 644. The van der Waals surface area contributed by atoms with Crippen LogP contribution < -0.4 is 15.2 Å². The van der Waals surface area contributed by atoms with Gasteiger partial charge in [-0.15, -0.1) is 0 Å². The minimum absolute atomic E-state index is 0.0451. The van der Waals surface area contributed by atoms with E-state index >= 15 is 0 Å². The Morgan fingerprint density at radius 2 is 1.90 bits per heavy atom. The monoisotopic (exact) mass is 378 g/mol. The zero-order chi connectivity index (χ0) is 16.4. The van der Waals surface area contributed by atoms with Crippen molar-refractivity contribution in [3.63, 3.8) is 0 Å². The molecule has 1 unspecified atom stereocenters. The molecule has 6 nitrogen and oxygen atoms in total. The van der Waals surface area contributed by atoms with Gasteiger partial charge in [-0.3, -0.25) is 4.79 Å². The number of primary sulfonamides is 1. The van der Waals surface area contributed by atoms with Crippen molar-refractivity contribution < 1.29 is 17.9 Å². The summed E-state index contributed by atoms with van der Waals surface area (Å²) in [5, 5.41) is 7.96. The van der Waals surface area contributed by atoms with Crippen molar-refractivity contribution in [2.24, 2.45) is 11.1 Å². The molecule has 0 radical (unpaired) electrons. The molecule has 3 N–H and O–H groups in total. The third kappa shape index (κ3) is 4.42. The molecule has 0 heterocycles. The van der Waals surface area contributed by atoms with E-state index in [1.54, 1.807) is 0 Å². The second-order valence-electron chi connectivity index (χ2n) is 5.04. The quantitative estimate of drug-likeness (QED) is 0.816. The van der Waals surface area contributed by atoms with Gasteiger partial charge in [-0.05, 0) is 40.9 Å². The molecule has 1 atom stereocenters. The molecule has 1 amide bonds. The van der Waals surface area contributed by atoms with Crippen LogP contribution in [0.25, 0.3) is 0 Å². The predicted molar refractivity (Wildman–Crippen MR) is 83.8 cm³/mol. The van der Waals surface area contributed by atoms with Crippen LogP contribution in [-0.4, -0.2) is 27.5 Å². The second-order valence-corrected chi connectivity index (χ2v) is 7.42. The summed E-state index contributed by atoms with van der Waals surface area (Å²) in [6.07, 6.45) is 0. The number of ether oxygens (including phenoxy) is 1. The summed E-state index contributed by atoms with van der Waals surface area (Å²) in [5.74, 6) is -0.0382. The highest BCUT2D eigenvalue weighted by Gasteiger charge is 2.22. The van der Waals surface area contributed by atoms with E-state index in [0.29, 0.717) is 4.47 Å². The van der Waals surface area contributed by atoms with Gasteiger partial charge in [-0.2, -0.15) is 0 Å². The lowest BCUT2D eigenvalue weighted by Gasteiger charge is -2.18. The van der Waals surface area contributed by atoms with Gasteiger partial charge < -0.3 is 10.1 Å². The molecular weight excluding hydrogens is 360 g/mol. The van der Waals surface area contributed by atoms with Crippen LogP contribution in [0.2, 0.25) is 0 Å². The number of hydrogen-bond donors (Lipinski definition) is 2. The van der Waals surface area contributed by atoms with Gasteiger partial charge in [0.25, 0.3) is 5.91 Å². The number of nitrogens with one attached hydrogen (secondary N) is 1. The summed E-state index contributed by atoms with van der Waals surface area (Å²) in [4.78, 5) is 11.9. The van der Waals surface area contributed by atoms with Crippen molar-refractivity contribution in [3.8, 4) is 5.75 Å². The maximum atomic E-state index is 12.2. The van der Waals surface area contributed by atoms with Crippen LogP contribution in [0, 0.1) is 5.92 Å². The smallest absolute Gasteiger partial charge is 0.251 e. The molecule has 0 aromatic heterocycles. The minimum atomic E-state index is -4.00. The van der Waals surface area contributed by atoms with Crippen LogP contribution in [0.15, 0.2) is 21.5 Å². The maximum Gasteiger partial charge on any atom is 0.251 e. The molecule has 0 saturated carbocycles. The number of rotatable bonds is 5. The molecule has 21 heavy (non-hydrogen) atoms. The molecule has 0 bridgehead atoms. The number of carbonyl (C=O) groups is 1. The average molecular weight is 379 g/mol. The number of carbonyl (C=O) groups excluding carboxylic acids is 1. The molecule has 0 aliphatic carbocycles.